The van der Waals surface area contributed by atoms with E-state index >= 15 is 0 Å². The van der Waals surface area contributed by atoms with Gasteiger partial charge in [0, 0.05) is 5.39 Å². The van der Waals surface area contributed by atoms with E-state index < -0.39 is 10.7 Å². The van der Waals surface area contributed by atoms with Gasteiger partial charge in [0.1, 0.15) is 16.7 Å². The van der Waals surface area contributed by atoms with Crippen LogP contribution in [0, 0.1) is 15.9 Å². The summed E-state index contributed by atoms with van der Waals surface area (Å²) < 4.78 is 13.5. The summed E-state index contributed by atoms with van der Waals surface area (Å²) in [7, 11) is 0. The predicted octanol–water partition coefficient (Wildman–Crippen LogP) is 3.59. The molecule has 0 aliphatic carbocycles. The Labute approximate surface area is 98.8 Å². The van der Waals surface area contributed by atoms with E-state index in [-0.39, 0.29) is 26.6 Å². The van der Waals surface area contributed by atoms with Gasteiger partial charge in [-0.3, -0.25) is 10.1 Å². The summed E-state index contributed by atoms with van der Waals surface area (Å²) in [5, 5.41) is 10.5. The van der Waals surface area contributed by atoms with Crippen LogP contribution >= 0.6 is 23.2 Å². The molecule has 0 fully saturated rings. The molecule has 1 heterocycles. The molecule has 0 atom stereocenters. The summed E-state index contributed by atoms with van der Waals surface area (Å²) in [4.78, 5) is 13.5. The maximum Gasteiger partial charge on any atom is 0.306 e. The maximum atomic E-state index is 13.5. The first-order chi connectivity index (χ1) is 7.52. The molecule has 1 aromatic carbocycles. The summed E-state index contributed by atoms with van der Waals surface area (Å²) in [5.41, 5.74) is -0.445. The van der Waals surface area contributed by atoms with Crippen molar-refractivity contribution in [3.63, 3.8) is 0 Å². The number of halogens is 3. The number of fused-ring (bicyclic) bond motifs is 1. The van der Waals surface area contributed by atoms with Crippen molar-refractivity contribution < 1.29 is 9.31 Å². The van der Waals surface area contributed by atoms with Crippen molar-refractivity contribution in [3.8, 4) is 0 Å². The highest BCUT2D eigenvalue weighted by atomic mass is 35.5. The van der Waals surface area contributed by atoms with Gasteiger partial charge in [0.15, 0.2) is 5.82 Å². The van der Waals surface area contributed by atoms with Crippen molar-refractivity contribution in [2.24, 2.45) is 0 Å². The molecule has 0 saturated heterocycles. The zero-order chi connectivity index (χ0) is 11.9. The lowest BCUT2D eigenvalue weighted by atomic mass is 10.2. The predicted molar refractivity (Wildman–Crippen MR) is 58.4 cm³/mol. The highest BCUT2D eigenvalue weighted by molar-refractivity contribution is 6.38. The van der Waals surface area contributed by atoms with Gasteiger partial charge < -0.3 is 0 Å². The van der Waals surface area contributed by atoms with Crippen LogP contribution in [0.25, 0.3) is 10.9 Å². The minimum Gasteiger partial charge on any atom is -0.258 e. The molecule has 0 unspecified atom stereocenters. The second-order valence-corrected chi connectivity index (χ2v) is 3.76. The fourth-order valence-electron chi connectivity index (χ4n) is 1.29. The highest BCUT2D eigenvalue weighted by Crippen LogP contribution is 2.33. The quantitative estimate of drug-likeness (QED) is 0.582. The monoisotopic (exact) mass is 260 g/mol. The Balaban J connectivity index is 2.87. The molecule has 0 spiro atoms. The van der Waals surface area contributed by atoms with Crippen LogP contribution in [0.5, 0.6) is 0 Å². The topological polar surface area (TPSA) is 56.0 Å². The van der Waals surface area contributed by atoms with Gasteiger partial charge in [-0.25, -0.2) is 9.37 Å². The second-order valence-electron chi connectivity index (χ2n) is 2.97. The molecule has 16 heavy (non-hydrogen) atoms. The Bertz CT molecular complexity index is 604. The summed E-state index contributed by atoms with van der Waals surface area (Å²) in [6.07, 6.45) is 0.907. The summed E-state index contributed by atoms with van der Waals surface area (Å²) >= 11 is 11.3. The number of aromatic nitrogens is 1. The van der Waals surface area contributed by atoms with Crippen LogP contribution in [0.1, 0.15) is 0 Å². The third-order valence-corrected chi connectivity index (χ3v) is 2.73. The van der Waals surface area contributed by atoms with Gasteiger partial charge >= 0.3 is 5.69 Å². The highest BCUT2D eigenvalue weighted by Gasteiger charge is 2.18. The first kappa shape index (κ1) is 11.0. The molecule has 4 nitrogen and oxygen atoms in total. The van der Waals surface area contributed by atoms with Crippen LogP contribution in [0.4, 0.5) is 10.1 Å². The third-order valence-electron chi connectivity index (χ3n) is 2.04. The molecule has 2 aromatic rings. The number of hydrogen-bond acceptors (Lipinski definition) is 3. The average Bonchev–Trinajstić information content (AvgIpc) is 2.23. The van der Waals surface area contributed by atoms with Crippen molar-refractivity contribution >= 4 is 39.8 Å². The van der Waals surface area contributed by atoms with Crippen molar-refractivity contribution in [2.75, 3.05) is 0 Å². The number of rotatable bonds is 1. The molecule has 0 amide bonds. The molecule has 82 valence electrons. The van der Waals surface area contributed by atoms with Gasteiger partial charge in [-0.05, 0) is 12.1 Å². The lowest BCUT2D eigenvalue weighted by molar-refractivity contribution is -0.384. The zero-order valence-corrected chi connectivity index (χ0v) is 9.09. The molecule has 0 aliphatic rings. The van der Waals surface area contributed by atoms with E-state index in [1.807, 2.05) is 0 Å². The van der Waals surface area contributed by atoms with Crippen LogP contribution in [0.2, 0.25) is 10.0 Å². The fraction of sp³-hybridized carbons (Fsp3) is 0. The normalized spacial score (nSPS) is 10.7. The Morgan fingerprint density at radius 3 is 2.69 bits per heavy atom. The summed E-state index contributed by atoms with van der Waals surface area (Å²) in [6, 6.07) is 2.67. The zero-order valence-electron chi connectivity index (χ0n) is 7.58. The van der Waals surface area contributed by atoms with Crippen LogP contribution in [0.3, 0.4) is 0 Å². The summed E-state index contributed by atoms with van der Waals surface area (Å²) in [5.74, 6) is -0.740. The van der Waals surface area contributed by atoms with Crippen LogP contribution in [-0.2, 0) is 0 Å². The Morgan fingerprint density at radius 1 is 1.38 bits per heavy atom. The molecular formula is C9H3Cl2FN2O2. The molecule has 0 aliphatic heterocycles. The Morgan fingerprint density at radius 2 is 2.06 bits per heavy atom. The molecule has 0 N–H and O–H groups in total. The molecule has 0 radical (unpaired) electrons. The van der Waals surface area contributed by atoms with E-state index in [1.165, 1.54) is 12.1 Å². The number of pyridine rings is 1. The first-order valence-electron chi connectivity index (χ1n) is 4.09. The molecular weight excluding hydrogens is 258 g/mol. The number of nitrogens with zero attached hydrogens (tertiary/aromatic N) is 2. The van der Waals surface area contributed by atoms with E-state index in [0.29, 0.717) is 0 Å². The molecule has 0 bridgehead atoms. The lowest BCUT2D eigenvalue weighted by Crippen LogP contribution is -1.93. The van der Waals surface area contributed by atoms with E-state index in [0.717, 1.165) is 6.20 Å². The van der Waals surface area contributed by atoms with Crippen LogP contribution in [-0.4, -0.2) is 9.91 Å². The number of hydrogen-bond donors (Lipinski definition) is 0. The van der Waals surface area contributed by atoms with Gasteiger partial charge in [0.2, 0.25) is 0 Å². The van der Waals surface area contributed by atoms with Crippen LogP contribution in [0.15, 0.2) is 18.3 Å². The van der Waals surface area contributed by atoms with Crippen molar-refractivity contribution in [2.45, 2.75) is 0 Å². The molecule has 1 aromatic heterocycles. The minimum atomic E-state index is -0.740. The van der Waals surface area contributed by atoms with E-state index in [1.54, 1.807) is 0 Å². The van der Waals surface area contributed by atoms with Crippen molar-refractivity contribution in [1.82, 2.24) is 4.98 Å². The fourth-order valence-corrected chi connectivity index (χ4v) is 1.71. The van der Waals surface area contributed by atoms with E-state index in [2.05, 4.69) is 4.98 Å². The lowest BCUT2D eigenvalue weighted by Gasteiger charge is -2.02. The number of benzene rings is 1. The van der Waals surface area contributed by atoms with Gasteiger partial charge in [-0.2, -0.15) is 0 Å². The van der Waals surface area contributed by atoms with E-state index in [4.69, 9.17) is 23.2 Å². The van der Waals surface area contributed by atoms with Gasteiger partial charge in [0.25, 0.3) is 0 Å². The average molecular weight is 261 g/mol. The van der Waals surface area contributed by atoms with Crippen molar-refractivity contribution in [3.05, 3.63) is 44.3 Å². The van der Waals surface area contributed by atoms with Crippen LogP contribution < -0.4 is 0 Å². The van der Waals surface area contributed by atoms with E-state index in [9.17, 15) is 14.5 Å². The number of nitro groups is 1. The first-order valence-corrected chi connectivity index (χ1v) is 4.84. The second kappa shape index (κ2) is 3.84. The summed E-state index contributed by atoms with van der Waals surface area (Å²) in [6.45, 7) is 0. The Hall–Kier alpha value is -1.46. The molecule has 2 rings (SSSR count). The Kier molecular flexibility index (Phi) is 2.65. The molecule has 7 heteroatoms. The van der Waals surface area contributed by atoms with Gasteiger partial charge in [0.05, 0.1) is 9.95 Å². The standard InChI is InChI=1S/C9H3Cl2FN2O2/c10-5-2-1-4-7(11)6(14(15)16)3-13-9(4)8(5)12/h1-3H. The van der Waals surface area contributed by atoms with Crippen molar-refractivity contribution in [1.29, 1.82) is 0 Å². The largest absolute Gasteiger partial charge is 0.306 e. The SMILES string of the molecule is O=[N+]([O-])c1cnc2c(F)c(Cl)ccc2c1Cl. The smallest absolute Gasteiger partial charge is 0.258 e. The third kappa shape index (κ3) is 1.58. The van der Waals surface area contributed by atoms with Gasteiger partial charge in [-0.1, -0.05) is 23.2 Å². The maximum absolute atomic E-state index is 13.5. The van der Waals surface area contributed by atoms with Gasteiger partial charge in [-0.15, -0.1) is 0 Å². The minimum absolute atomic E-state index is 0.0805. The molecule has 0 saturated carbocycles.